The Bertz CT molecular complexity index is 825. The summed E-state index contributed by atoms with van der Waals surface area (Å²) in [6, 6.07) is 11.9. The van der Waals surface area contributed by atoms with Crippen molar-refractivity contribution >= 4 is 55.9 Å². The highest BCUT2D eigenvalue weighted by Gasteiger charge is 2.16. The number of nitrogens with one attached hydrogen (secondary N) is 1. The number of carbonyl (C=O) groups excluding carboxylic acids is 1. The number of fused-ring (bicyclic) bond motifs is 1. The summed E-state index contributed by atoms with van der Waals surface area (Å²) in [6.07, 6.45) is 0. The molecule has 0 bridgehead atoms. The molecular weight excluding hydrogens is 394 g/mol. The number of aryl methyl sites for hydroxylation is 1. The van der Waals surface area contributed by atoms with Crippen LogP contribution in [-0.4, -0.2) is 18.2 Å². The van der Waals surface area contributed by atoms with Gasteiger partial charge in [-0.05, 0) is 41.1 Å². The van der Waals surface area contributed by atoms with Crippen molar-refractivity contribution in [1.82, 2.24) is 5.32 Å². The molecular formula is C17H16BrNO2S2. The number of rotatable bonds is 6. The molecule has 3 rings (SSSR count). The van der Waals surface area contributed by atoms with E-state index in [9.17, 15) is 4.79 Å². The molecule has 3 nitrogen and oxygen atoms in total. The summed E-state index contributed by atoms with van der Waals surface area (Å²) >= 11 is 7.02. The van der Waals surface area contributed by atoms with Crippen LogP contribution in [0.2, 0.25) is 0 Å². The maximum atomic E-state index is 12.3. The van der Waals surface area contributed by atoms with Crippen molar-refractivity contribution in [3.8, 4) is 0 Å². The molecule has 0 spiro atoms. The first-order chi connectivity index (χ1) is 11.1. The largest absolute Gasteiger partial charge is 0.451 e. The molecule has 0 fully saturated rings. The first-order valence-corrected chi connectivity index (χ1v) is 10.00. The predicted molar refractivity (Wildman–Crippen MR) is 101 cm³/mol. The molecule has 1 aromatic carbocycles. The van der Waals surface area contributed by atoms with E-state index in [1.54, 1.807) is 11.3 Å². The number of hydrogen-bond acceptors (Lipinski definition) is 4. The second-order valence-corrected chi connectivity index (χ2v) is 8.72. The van der Waals surface area contributed by atoms with Gasteiger partial charge in [-0.2, -0.15) is 11.8 Å². The van der Waals surface area contributed by atoms with Gasteiger partial charge in [0.1, 0.15) is 5.58 Å². The lowest BCUT2D eigenvalue weighted by Gasteiger charge is -2.03. The fourth-order valence-corrected chi connectivity index (χ4v) is 4.76. The van der Waals surface area contributed by atoms with Gasteiger partial charge in [0.25, 0.3) is 5.91 Å². The Morgan fingerprint density at radius 2 is 2.13 bits per heavy atom. The second kappa shape index (κ2) is 7.55. The van der Waals surface area contributed by atoms with Gasteiger partial charge in [-0.15, -0.1) is 11.3 Å². The molecule has 120 valence electrons. The van der Waals surface area contributed by atoms with E-state index in [0.29, 0.717) is 12.3 Å². The zero-order valence-corrected chi connectivity index (χ0v) is 15.8. The zero-order valence-electron chi connectivity index (χ0n) is 12.6. The molecule has 0 saturated carbocycles. The number of para-hydroxylation sites is 1. The molecule has 0 unspecified atom stereocenters. The molecule has 0 radical (unpaired) electrons. The fraction of sp³-hybridized carbons (Fsp3) is 0.235. The molecule has 1 N–H and O–H groups in total. The lowest BCUT2D eigenvalue weighted by molar-refractivity contribution is 0.0930. The molecule has 0 aliphatic heterocycles. The third kappa shape index (κ3) is 4.00. The molecule has 6 heteroatoms. The van der Waals surface area contributed by atoms with E-state index in [1.165, 1.54) is 4.88 Å². The molecule has 23 heavy (non-hydrogen) atoms. The minimum atomic E-state index is -0.141. The average Bonchev–Trinajstić information content (AvgIpc) is 3.11. The monoisotopic (exact) mass is 409 g/mol. The van der Waals surface area contributed by atoms with E-state index in [0.717, 1.165) is 31.8 Å². The van der Waals surface area contributed by atoms with Crippen molar-refractivity contribution in [2.75, 3.05) is 12.3 Å². The first kappa shape index (κ1) is 16.6. The van der Waals surface area contributed by atoms with Crippen LogP contribution >= 0.6 is 39.0 Å². The van der Waals surface area contributed by atoms with E-state index in [-0.39, 0.29) is 5.91 Å². The minimum absolute atomic E-state index is 0.141. The average molecular weight is 410 g/mol. The Hall–Kier alpha value is -1.24. The molecule has 0 atom stereocenters. The van der Waals surface area contributed by atoms with Crippen LogP contribution in [0.4, 0.5) is 0 Å². The van der Waals surface area contributed by atoms with Gasteiger partial charge >= 0.3 is 0 Å². The highest BCUT2D eigenvalue weighted by molar-refractivity contribution is 9.11. The lowest BCUT2D eigenvalue weighted by Crippen LogP contribution is -2.25. The summed E-state index contributed by atoms with van der Waals surface area (Å²) in [6.45, 7) is 2.55. The van der Waals surface area contributed by atoms with Crippen molar-refractivity contribution in [2.45, 2.75) is 12.7 Å². The zero-order chi connectivity index (χ0) is 16.2. The van der Waals surface area contributed by atoms with Gasteiger partial charge in [-0.25, -0.2) is 0 Å². The molecule has 0 saturated heterocycles. The molecule has 3 aromatic rings. The van der Waals surface area contributed by atoms with Gasteiger partial charge in [0.15, 0.2) is 5.76 Å². The van der Waals surface area contributed by atoms with Gasteiger partial charge in [-0.3, -0.25) is 4.79 Å². The molecule has 2 heterocycles. The van der Waals surface area contributed by atoms with Gasteiger partial charge in [0, 0.05) is 33.9 Å². The van der Waals surface area contributed by atoms with Crippen LogP contribution in [0.5, 0.6) is 0 Å². The fourth-order valence-electron chi connectivity index (χ4n) is 2.31. The lowest BCUT2D eigenvalue weighted by atomic mass is 10.1. The van der Waals surface area contributed by atoms with Crippen LogP contribution in [0.1, 0.15) is 21.0 Å². The number of amides is 1. The number of benzene rings is 1. The molecule has 2 aromatic heterocycles. The third-order valence-corrected chi connectivity index (χ3v) is 6.27. The van der Waals surface area contributed by atoms with Crippen LogP contribution in [-0.2, 0) is 5.75 Å². The molecule has 1 amide bonds. The first-order valence-electron chi connectivity index (χ1n) is 7.23. The normalized spacial score (nSPS) is 11.0. The van der Waals surface area contributed by atoms with Crippen molar-refractivity contribution in [1.29, 1.82) is 0 Å². The van der Waals surface area contributed by atoms with Crippen molar-refractivity contribution < 1.29 is 9.21 Å². The van der Waals surface area contributed by atoms with E-state index in [4.69, 9.17) is 4.42 Å². The number of carbonyl (C=O) groups is 1. The summed E-state index contributed by atoms with van der Waals surface area (Å²) in [4.78, 5) is 13.6. The molecule has 0 aliphatic carbocycles. The Morgan fingerprint density at radius 3 is 2.87 bits per heavy atom. The third-order valence-electron chi connectivity index (χ3n) is 3.46. The van der Waals surface area contributed by atoms with E-state index in [1.807, 2.05) is 43.0 Å². The SMILES string of the molecule is Cc1c(C(=O)NCCSCc2ccc(Br)s2)oc2ccccc12. The van der Waals surface area contributed by atoms with Crippen molar-refractivity contribution in [2.24, 2.45) is 0 Å². The standard InChI is InChI=1S/C17H16BrNO2S2/c1-11-13-4-2-3-5-14(13)21-16(11)17(20)19-8-9-22-10-12-6-7-15(18)23-12/h2-7H,8-10H2,1H3,(H,19,20). The maximum absolute atomic E-state index is 12.3. The van der Waals surface area contributed by atoms with Crippen LogP contribution < -0.4 is 5.32 Å². The summed E-state index contributed by atoms with van der Waals surface area (Å²) < 4.78 is 6.82. The number of furan rings is 1. The quantitative estimate of drug-likeness (QED) is 0.566. The summed E-state index contributed by atoms with van der Waals surface area (Å²) in [5, 5.41) is 3.93. The Balaban J connectivity index is 1.50. The smallest absolute Gasteiger partial charge is 0.287 e. The minimum Gasteiger partial charge on any atom is -0.451 e. The van der Waals surface area contributed by atoms with Crippen LogP contribution in [0, 0.1) is 6.92 Å². The number of thioether (sulfide) groups is 1. The van der Waals surface area contributed by atoms with Gasteiger partial charge in [-0.1, -0.05) is 18.2 Å². The Kier molecular flexibility index (Phi) is 5.46. The van der Waals surface area contributed by atoms with Crippen molar-refractivity contribution in [3.63, 3.8) is 0 Å². The number of hydrogen-bond donors (Lipinski definition) is 1. The Morgan fingerprint density at radius 1 is 1.30 bits per heavy atom. The van der Waals surface area contributed by atoms with Gasteiger partial charge in [0.2, 0.25) is 0 Å². The van der Waals surface area contributed by atoms with E-state index >= 15 is 0 Å². The maximum Gasteiger partial charge on any atom is 0.287 e. The number of thiophene rings is 1. The van der Waals surface area contributed by atoms with E-state index < -0.39 is 0 Å². The highest BCUT2D eigenvalue weighted by Crippen LogP contribution is 2.26. The van der Waals surface area contributed by atoms with Crippen LogP contribution in [0.15, 0.2) is 44.6 Å². The highest BCUT2D eigenvalue weighted by atomic mass is 79.9. The Labute approximate surface area is 151 Å². The van der Waals surface area contributed by atoms with Crippen LogP contribution in [0.3, 0.4) is 0 Å². The summed E-state index contributed by atoms with van der Waals surface area (Å²) in [5.41, 5.74) is 1.65. The van der Waals surface area contributed by atoms with Crippen LogP contribution in [0.25, 0.3) is 11.0 Å². The molecule has 0 aliphatic rings. The van der Waals surface area contributed by atoms with Crippen molar-refractivity contribution in [3.05, 3.63) is 56.4 Å². The topological polar surface area (TPSA) is 42.2 Å². The summed E-state index contributed by atoms with van der Waals surface area (Å²) in [5.74, 6) is 2.12. The summed E-state index contributed by atoms with van der Waals surface area (Å²) in [7, 11) is 0. The van der Waals surface area contributed by atoms with Gasteiger partial charge < -0.3 is 9.73 Å². The predicted octanol–water partition coefficient (Wildman–Crippen LogP) is 5.23. The number of halogens is 1. The second-order valence-electron chi connectivity index (χ2n) is 5.07. The van der Waals surface area contributed by atoms with E-state index in [2.05, 4.69) is 33.4 Å². The van der Waals surface area contributed by atoms with Gasteiger partial charge in [0.05, 0.1) is 3.79 Å².